The zero-order valence-corrected chi connectivity index (χ0v) is 13.9. The van der Waals surface area contributed by atoms with Crippen molar-refractivity contribution < 1.29 is 18.7 Å². The highest BCUT2D eigenvalue weighted by Crippen LogP contribution is 2.22. The smallest absolute Gasteiger partial charge is 0.312 e. The Morgan fingerprint density at radius 2 is 1.87 bits per heavy atom. The minimum atomic E-state index is -0.775. The van der Waals surface area contributed by atoms with Crippen LogP contribution in [0.3, 0.4) is 0 Å². The SMILES string of the molecule is C[C@@H](NC(N)=O)C(=O)N[C@H](COc1ccccc1F)C(C)(C)C. The lowest BCUT2D eigenvalue weighted by Gasteiger charge is -2.32. The van der Waals surface area contributed by atoms with Crippen LogP contribution in [0.5, 0.6) is 5.75 Å². The van der Waals surface area contributed by atoms with Crippen molar-refractivity contribution in [1.82, 2.24) is 10.6 Å². The number of hydrogen-bond donors (Lipinski definition) is 3. The predicted octanol–water partition coefficient (Wildman–Crippen LogP) is 1.79. The highest BCUT2D eigenvalue weighted by atomic mass is 19.1. The van der Waals surface area contributed by atoms with Gasteiger partial charge < -0.3 is 21.1 Å². The Hall–Kier alpha value is -2.31. The summed E-state index contributed by atoms with van der Waals surface area (Å²) in [6.07, 6.45) is 0. The van der Waals surface area contributed by atoms with Crippen LogP contribution in [0, 0.1) is 11.2 Å². The van der Waals surface area contributed by atoms with Gasteiger partial charge >= 0.3 is 6.03 Å². The largest absolute Gasteiger partial charge is 0.488 e. The van der Waals surface area contributed by atoms with Crippen molar-refractivity contribution in [1.29, 1.82) is 0 Å². The molecule has 2 atom stereocenters. The molecule has 1 aromatic carbocycles. The van der Waals surface area contributed by atoms with Crippen molar-refractivity contribution in [2.75, 3.05) is 6.61 Å². The van der Waals surface area contributed by atoms with Gasteiger partial charge in [0.1, 0.15) is 12.6 Å². The lowest BCUT2D eigenvalue weighted by molar-refractivity contribution is -0.124. The van der Waals surface area contributed by atoms with E-state index in [1.54, 1.807) is 12.1 Å². The molecule has 0 heterocycles. The Labute approximate surface area is 135 Å². The summed E-state index contributed by atoms with van der Waals surface area (Å²) < 4.78 is 19.1. The second-order valence-corrected chi connectivity index (χ2v) is 6.40. The van der Waals surface area contributed by atoms with E-state index >= 15 is 0 Å². The molecule has 0 fully saturated rings. The van der Waals surface area contributed by atoms with Crippen molar-refractivity contribution in [2.24, 2.45) is 11.1 Å². The summed E-state index contributed by atoms with van der Waals surface area (Å²) in [6, 6.07) is 4.14. The van der Waals surface area contributed by atoms with E-state index in [0.29, 0.717) is 0 Å². The number of ether oxygens (including phenoxy) is 1. The Morgan fingerprint density at radius 3 is 2.39 bits per heavy atom. The number of carbonyl (C=O) groups is 2. The number of benzene rings is 1. The molecule has 0 aliphatic carbocycles. The minimum Gasteiger partial charge on any atom is -0.488 e. The normalized spacial score (nSPS) is 13.8. The Kier molecular flexibility index (Phi) is 6.36. The van der Waals surface area contributed by atoms with E-state index in [4.69, 9.17) is 10.5 Å². The molecule has 4 N–H and O–H groups in total. The fraction of sp³-hybridized carbons (Fsp3) is 0.500. The first-order valence-electron chi connectivity index (χ1n) is 7.35. The minimum absolute atomic E-state index is 0.0967. The van der Waals surface area contributed by atoms with E-state index in [2.05, 4.69) is 10.6 Å². The van der Waals surface area contributed by atoms with Gasteiger partial charge in [-0.2, -0.15) is 0 Å². The fourth-order valence-electron chi connectivity index (χ4n) is 1.82. The second-order valence-electron chi connectivity index (χ2n) is 6.40. The van der Waals surface area contributed by atoms with E-state index in [9.17, 15) is 14.0 Å². The highest BCUT2D eigenvalue weighted by molar-refractivity contribution is 5.86. The zero-order chi connectivity index (χ0) is 17.6. The van der Waals surface area contributed by atoms with Gasteiger partial charge in [-0.05, 0) is 24.5 Å². The van der Waals surface area contributed by atoms with Crippen molar-refractivity contribution in [3.8, 4) is 5.75 Å². The van der Waals surface area contributed by atoms with Gasteiger partial charge in [0.2, 0.25) is 5.91 Å². The van der Waals surface area contributed by atoms with Crippen LogP contribution in [0.15, 0.2) is 24.3 Å². The molecule has 0 saturated heterocycles. The summed E-state index contributed by atoms with van der Waals surface area (Å²) in [5.41, 5.74) is 4.68. The highest BCUT2D eigenvalue weighted by Gasteiger charge is 2.29. The Morgan fingerprint density at radius 1 is 1.26 bits per heavy atom. The number of hydrogen-bond acceptors (Lipinski definition) is 3. The molecule has 0 bridgehead atoms. The number of rotatable bonds is 6. The van der Waals surface area contributed by atoms with E-state index in [1.165, 1.54) is 19.1 Å². The maximum absolute atomic E-state index is 13.6. The molecule has 23 heavy (non-hydrogen) atoms. The van der Waals surface area contributed by atoms with Crippen molar-refractivity contribution >= 4 is 11.9 Å². The molecule has 6 nitrogen and oxygen atoms in total. The van der Waals surface area contributed by atoms with Gasteiger partial charge in [0.05, 0.1) is 6.04 Å². The monoisotopic (exact) mass is 325 g/mol. The molecule has 0 aliphatic rings. The molecule has 1 aromatic rings. The van der Waals surface area contributed by atoms with Gasteiger partial charge in [-0.3, -0.25) is 4.79 Å². The van der Waals surface area contributed by atoms with Crippen LogP contribution in [-0.4, -0.2) is 30.6 Å². The molecular formula is C16H24FN3O3. The van der Waals surface area contributed by atoms with Gasteiger partial charge in [0, 0.05) is 0 Å². The quantitative estimate of drug-likeness (QED) is 0.744. The van der Waals surface area contributed by atoms with Crippen molar-refractivity contribution in [2.45, 2.75) is 39.8 Å². The van der Waals surface area contributed by atoms with Crippen LogP contribution in [0.4, 0.5) is 9.18 Å². The fourth-order valence-corrected chi connectivity index (χ4v) is 1.82. The summed E-state index contributed by atoms with van der Waals surface area (Å²) in [4.78, 5) is 22.9. The molecule has 0 unspecified atom stereocenters. The first-order chi connectivity index (χ1) is 10.6. The summed E-state index contributed by atoms with van der Waals surface area (Å²) in [6.45, 7) is 7.40. The van der Waals surface area contributed by atoms with E-state index < -0.39 is 17.9 Å². The summed E-state index contributed by atoms with van der Waals surface area (Å²) in [7, 11) is 0. The topological polar surface area (TPSA) is 93.5 Å². The van der Waals surface area contributed by atoms with Crippen LogP contribution >= 0.6 is 0 Å². The maximum atomic E-state index is 13.6. The number of halogens is 1. The van der Waals surface area contributed by atoms with Gasteiger partial charge in [0.15, 0.2) is 11.6 Å². The third-order valence-corrected chi connectivity index (χ3v) is 3.36. The van der Waals surface area contributed by atoms with Gasteiger partial charge in [-0.15, -0.1) is 0 Å². The number of amides is 3. The predicted molar refractivity (Wildman–Crippen MR) is 85.5 cm³/mol. The summed E-state index contributed by atoms with van der Waals surface area (Å²) in [5.74, 6) is -0.726. The molecule has 7 heteroatoms. The molecule has 3 amide bonds. The molecule has 1 rings (SSSR count). The maximum Gasteiger partial charge on any atom is 0.312 e. The average molecular weight is 325 g/mol. The standard InChI is InChI=1S/C16H24FN3O3/c1-10(19-15(18)22)14(21)20-13(16(2,3)4)9-23-12-8-6-5-7-11(12)17/h5-8,10,13H,9H2,1-4H3,(H,20,21)(H3,18,19,22)/t10-,13-/m1/s1. The van der Waals surface area contributed by atoms with Crippen LogP contribution in [0.2, 0.25) is 0 Å². The lowest BCUT2D eigenvalue weighted by atomic mass is 9.87. The molecule has 0 radical (unpaired) electrons. The van der Waals surface area contributed by atoms with Crippen molar-refractivity contribution in [3.63, 3.8) is 0 Å². The number of para-hydroxylation sites is 1. The van der Waals surface area contributed by atoms with Gasteiger partial charge in [0.25, 0.3) is 0 Å². The summed E-state index contributed by atoms with van der Waals surface area (Å²) in [5, 5.41) is 5.10. The van der Waals surface area contributed by atoms with Gasteiger partial charge in [-0.25, -0.2) is 9.18 Å². The van der Waals surface area contributed by atoms with Crippen molar-refractivity contribution in [3.05, 3.63) is 30.1 Å². The second kappa shape index (κ2) is 7.80. The lowest BCUT2D eigenvalue weighted by Crippen LogP contribution is -2.54. The van der Waals surface area contributed by atoms with Gasteiger partial charge in [-0.1, -0.05) is 32.9 Å². The first-order valence-corrected chi connectivity index (χ1v) is 7.35. The molecule has 0 saturated carbocycles. The third-order valence-electron chi connectivity index (χ3n) is 3.36. The molecule has 0 aliphatic heterocycles. The molecular weight excluding hydrogens is 301 g/mol. The van der Waals surface area contributed by atoms with Crippen LogP contribution in [-0.2, 0) is 4.79 Å². The zero-order valence-electron chi connectivity index (χ0n) is 13.9. The Bertz CT molecular complexity index is 558. The van der Waals surface area contributed by atoms with E-state index in [-0.39, 0.29) is 29.7 Å². The van der Waals surface area contributed by atoms with E-state index in [1.807, 2.05) is 20.8 Å². The average Bonchev–Trinajstić information content (AvgIpc) is 2.42. The summed E-state index contributed by atoms with van der Waals surface area (Å²) >= 11 is 0. The number of primary amides is 1. The van der Waals surface area contributed by atoms with E-state index in [0.717, 1.165) is 0 Å². The first kappa shape index (κ1) is 18.7. The number of nitrogens with one attached hydrogen (secondary N) is 2. The number of urea groups is 1. The number of carbonyl (C=O) groups excluding carboxylic acids is 2. The molecule has 0 spiro atoms. The third kappa shape index (κ3) is 6.14. The van der Waals surface area contributed by atoms with Crippen LogP contribution in [0.1, 0.15) is 27.7 Å². The molecule has 128 valence electrons. The number of nitrogens with two attached hydrogens (primary N) is 1. The van der Waals surface area contributed by atoms with Crippen LogP contribution < -0.4 is 21.1 Å². The Balaban J connectivity index is 2.72. The van der Waals surface area contributed by atoms with Crippen LogP contribution in [0.25, 0.3) is 0 Å². The molecule has 0 aromatic heterocycles.